The van der Waals surface area contributed by atoms with Gasteiger partial charge in [0, 0.05) is 11.6 Å². The molecule has 0 spiro atoms. The maximum atomic E-state index is 5.11. The van der Waals surface area contributed by atoms with Crippen molar-refractivity contribution in [2.75, 3.05) is 0 Å². The molecule has 0 amide bonds. The Morgan fingerprint density at radius 1 is 1.40 bits per heavy atom. The fraction of sp³-hybridized carbons (Fsp3) is 0. The second-order valence-electron chi connectivity index (χ2n) is 1.97. The number of hydrogen-bond acceptors (Lipinski definition) is 3. The zero-order valence-corrected chi connectivity index (χ0v) is 6.01. The molecule has 0 aromatic carbocycles. The van der Waals surface area contributed by atoms with E-state index >= 15 is 0 Å². The first-order valence-corrected chi connectivity index (χ1v) is 3.34. The molecule has 0 bridgehead atoms. The number of hydrogen-bond donors (Lipinski definition) is 1. The lowest BCUT2D eigenvalue weighted by molar-refractivity contribution is 0.605. The summed E-state index contributed by atoms with van der Waals surface area (Å²) in [5.41, 5.74) is 0.755. The number of fused-ring (bicyclic) bond motifs is 1. The smallest absolute Gasteiger partial charge is 0.165 e. The molecule has 0 unspecified atom stereocenters. The Bertz CT molecular complexity index is 355. The van der Waals surface area contributed by atoms with Crippen molar-refractivity contribution < 1.29 is 4.42 Å². The zero-order chi connectivity index (χ0) is 6.97. The molecule has 2 rings (SSSR count). The maximum Gasteiger partial charge on any atom is 0.165 e. The molecule has 0 fully saturated rings. The Labute approximate surface area is 63.3 Å². The molecular weight excluding hydrogens is 146 g/mol. The predicted molar refractivity (Wildman–Crippen MR) is 41.3 cm³/mol. The molecule has 2 aromatic heterocycles. The van der Waals surface area contributed by atoms with Crippen LogP contribution in [0.3, 0.4) is 0 Å². The molecule has 3 heteroatoms. The van der Waals surface area contributed by atoms with Crippen LogP contribution in [0.15, 0.2) is 34.0 Å². The van der Waals surface area contributed by atoms with Crippen molar-refractivity contribution in [2.45, 2.75) is 5.03 Å². The van der Waals surface area contributed by atoms with Crippen LogP contribution >= 0.6 is 12.6 Å². The number of thiol groups is 1. The Balaban J connectivity index is 2.95. The largest absolute Gasteiger partial charge is 0.462 e. The van der Waals surface area contributed by atoms with Gasteiger partial charge in [-0.15, -0.1) is 12.6 Å². The minimum atomic E-state index is 0.641. The van der Waals surface area contributed by atoms with Gasteiger partial charge in [0.15, 0.2) is 5.58 Å². The first kappa shape index (κ1) is 5.80. The first-order chi connectivity index (χ1) is 4.88. The number of furan rings is 1. The third-order valence-electron chi connectivity index (χ3n) is 1.35. The number of aromatic nitrogens is 1. The van der Waals surface area contributed by atoms with Crippen LogP contribution in [-0.2, 0) is 0 Å². The second kappa shape index (κ2) is 2.02. The van der Waals surface area contributed by atoms with Crippen LogP contribution in [0.4, 0.5) is 0 Å². The number of rotatable bonds is 0. The lowest BCUT2D eigenvalue weighted by atomic mass is 10.3. The topological polar surface area (TPSA) is 26.0 Å². The SMILES string of the molecule is Sc1nccc2ccoc12. The summed E-state index contributed by atoms with van der Waals surface area (Å²) < 4.78 is 5.11. The summed E-state index contributed by atoms with van der Waals surface area (Å²) in [4.78, 5) is 3.95. The molecule has 2 aromatic rings. The highest BCUT2D eigenvalue weighted by atomic mass is 32.1. The van der Waals surface area contributed by atoms with E-state index in [1.807, 2.05) is 12.1 Å². The standard InChI is InChI=1S/C7H5NOS/c10-7-6-5(1-3-8-7)2-4-9-6/h1-4H,(H,8,10). The molecule has 0 aliphatic heterocycles. The van der Waals surface area contributed by atoms with Gasteiger partial charge in [0.2, 0.25) is 0 Å². The van der Waals surface area contributed by atoms with Gasteiger partial charge in [0.1, 0.15) is 5.03 Å². The summed E-state index contributed by atoms with van der Waals surface area (Å²) >= 11 is 4.11. The average molecular weight is 151 g/mol. The van der Waals surface area contributed by atoms with Gasteiger partial charge in [-0.25, -0.2) is 4.98 Å². The van der Waals surface area contributed by atoms with E-state index in [1.54, 1.807) is 12.5 Å². The van der Waals surface area contributed by atoms with Gasteiger partial charge in [0.05, 0.1) is 6.26 Å². The van der Waals surface area contributed by atoms with E-state index in [2.05, 4.69) is 17.6 Å². The molecule has 50 valence electrons. The number of pyridine rings is 1. The molecule has 0 saturated carbocycles. The van der Waals surface area contributed by atoms with E-state index in [4.69, 9.17) is 4.42 Å². The van der Waals surface area contributed by atoms with E-state index in [1.165, 1.54) is 0 Å². The molecule has 0 aliphatic rings. The van der Waals surface area contributed by atoms with Crippen molar-refractivity contribution in [1.82, 2.24) is 4.98 Å². The third-order valence-corrected chi connectivity index (χ3v) is 1.67. The lowest BCUT2D eigenvalue weighted by Crippen LogP contribution is -1.72. The summed E-state index contributed by atoms with van der Waals surface area (Å²) in [6, 6.07) is 3.77. The molecule has 0 N–H and O–H groups in total. The van der Waals surface area contributed by atoms with E-state index in [0.29, 0.717) is 5.03 Å². The van der Waals surface area contributed by atoms with Gasteiger partial charge < -0.3 is 4.42 Å². The molecular formula is C7H5NOS. The van der Waals surface area contributed by atoms with Crippen molar-refractivity contribution in [3.63, 3.8) is 0 Å². The van der Waals surface area contributed by atoms with E-state index in [9.17, 15) is 0 Å². The van der Waals surface area contributed by atoms with Crippen LogP contribution in [0, 0.1) is 0 Å². The molecule has 2 nitrogen and oxygen atoms in total. The summed E-state index contributed by atoms with van der Waals surface area (Å²) in [7, 11) is 0. The Morgan fingerprint density at radius 2 is 2.30 bits per heavy atom. The van der Waals surface area contributed by atoms with Crippen molar-refractivity contribution in [2.24, 2.45) is 0 Å². The van der Waals surface area contributed by atoms with E-state index in [-0.39, 0.29) is 0 Å². The highest BCUT2D eigenvalue weighted by molar-refractivity contribution is 7.80. The number of nitrogens with zero attached hydrogens (tertiary/aromatic N) is 1. The molecule has 2 heterocycles. The summed E-state index contributed by atoms with van der Waals surface area (Å²) in [6.45, 7) is 0. The average Bonchev–Trinajstić information content (AvgIpc) is 2.36. The summed E-state index contributed by atoms with van der Waals surface area (Å²) in [5, 5.41) is 1.68. The van der Waals surface area contributed by atoms with Gasteiger partial charge in [-0.2, -0.15) is 0 Å². The Hall–Kier alpha value is -0.960. The lowest BCUT2D eigenvalue weighted by Gasteiger charge is -1.88. The fourth-order valence-electron chi connectivity index (χ4n) is 0.879. The predicted octanol–water partition coefficient (Wildman–Crippen LogP) is 2.12. The summed E-state index contributed by atoms with van der Waals surface area (Å²) in [6.07, 6.45) is 3.34. The molecule has 0 atom stereocenters. The van der Waals surface area contributed by atoms with Crippen molar-refractivity contribution in [3.05, 3.63) is 24.6 Å². The minimum Gasteiger partial charge on any atom is -0.462 e. The van der Waals surface area contributed by atoms with Crippen LogP contribution in [0.5, 0.6) is 0 Å². The first-order valence-electron chi connectivity index (χ1n) is 2.89. The zero-order valence-electron chi connectivity index (χ0n) is 5.11. The van der Waals surface area contributed by atoms with E-state index < -0.39 is 0 Å². The summed E-state index contributed by atoms with van der Waals surface area (Å²) in [5.74, 6) is 0. The minimum absolute atomic E-state index is 0.641. The van der Waals surface area contributed by atoms with Gasteiger partial charge in [-0.05, 0) is 12.1 Å². The monoisotopic (exact) mass is 151 g/mol. The van der Waals surface area contributed by atoms with Crippen LogP contribution in [-0.4, -0.2) is 4.98 Å². The molecule has 0 aliphatic carbocycles. The molecule has 10 heavy (non-hydrogen) atoms. The van der Waals surface area contributed by atoms with Crippen molar-refractivity contribution in [3.8, 4) is 0 Å². The quantitative estimate of drug-likeness (QED) is 0.583. The maximum absolute atomic E-state index is 5.11. The van der Waals surface area contributed by atoms with Gasteiger partial charge in [-0.1, -0.05) is 0 Å². The van der Waals surface area contributed by atoms with Crippen LogP contribution in [0.2, 0.25) is 0 Å². The fourth-order valence-corrected chi connectivity index (χ4v) is 1.13. The van der Waals surface area contributed by atoms with Crippen molar-refractivity contribution in [1.29, 1.82) is 0 Å². The highest BCUT2D eigenvalue weighted by Gasteiger charge is 1.98. The van der Waals surface area contributed by atoms with Gasteiger partial charge in [-0.3, -0.25) is 0 Å². The molecule has 0 saturated heterocycles. The second-order valence-corrected chi connectivity index (χ2v) is 2.40. The normalized spacial score (nSPS) is 10.5. The van der Waals surface area contributed by atoms with Gasteiger partial charge in [0.25, 0.3) is 0 Å². The van der Waals surface area contributed by atoms with Gasteiger partial charge >= 0.3 is 0 Å². The Morgan fingerprint density at radius 3 is 3.10 bits per heavy atom. The van der Waals surface area contributed by atoms with Crippen LogP contribution in [0.25, 0.3) is 11.0 Å². The highest BCUT2D eigenvalue weighted by Crippen LogP contribution is 2.19. The van der Waals surface area contributed by atoms with Crippen LogP contribution in [0.1, 0.15) is 0 Å². The van der Waals surface area contributed by atoms with E-state index in [0.717, 1.165) is 11.0 Å². The van der Waals surface area contributed by atoms with Crippen molar-refractivity contribution >= 4 is 23.6 Å². The third kappa shape index (κ3) is 0.708. The Kier molecular flexibility index (Phi) is 1.17. The van der Waals surface area contributed by atoms with Crippen LogP contribution < -0.4 is 0 Å². The molecule has 0 radical (unpaired) electrons.